The van der Waals surface area contributed by atoms with Gasteiger partial charge in [-0.3, -0.25) is 0 Å². The van der Waals surface area contributed by atoms with E-state index in [0.717, 1.165) is 11.5 Å². The molecule has 0 amide bonds. The molecule has 0 atom stereocenters. The van der Waals surface area contributed by atoms with E-state index in [1.54, 1.807) is 0 Å². The Morgan fingerprint density at radius 3 is 2.48 bits per heavy atom. The Hall–Kier alpha value is -1.77. The molecular weight excluding hydrogens is 270 g/mol. The predicted octanol–water partition coefficient (Wildman–Crippen LogP) is 4.51. The minimum absolute atomic E-state index is 0.359. The average molecular weight is 293 g/mol. The zero-order valence-electron chi connectivity index (χ0n) is 12.8. The van der Waals surface area contributed by atoms with Gasteiger partial charge in [0.05, 0.1) is 11.6 Å². The molecule has 0 unspecified atom stereocenters. The lowest BCUT2D eigenvalue weighted by molar-refractivity contribution is 0.572. The van der Waals surface area contributed by atoms with Crippen LogP contribution in [0.5, 0.6) is 0 Å². The zero-order chi connectivity index (χ0) is 14.9. The molecule has 0 aliphatic carbocycles. The van der Waals surface area contributed by atoms with E-state index >= 15 is 0 Å². The maximum atomic E-state index is 8.74. The van der Waals surface area contributed by atoms with Gasteiger partial charge < -0.3 is 0 Å². The van der Waals surface area contributed by atoms with Crippen molar-refractivity contribution in [2.45, 2.75) is 44.3 Å². The van der Waals surface area contributed by atoms with Crippen LogP contribution in [0.3, 0.4) is 0 Å². The van der Waals surface area contributed by atoms with E-state index in [9.17, 15) is 0 Å². The maximum absolute atomic E-state index is 8.74. The standard InChI is InChI=1S/C19H23NSi/c1-2-13-21-14-11-18(12-15-21)6-4-3-5-17-7-9-19(16-20)10-8-17/h4,6-10,18,21H,2,11-15H2,1H3/b6-4+. The van der Waals surface area contributed by atoms with Gasteiger partial charge in [0.25, 0.3) is 0 Å². The molecular formula is C19H23NSi. The molecule has 1 aliphatic heterocycles. The second-order valence-corrected chi connectivity index (χ2v) is 9.35. The summed E-state index contributed by atoms with van der Waals surface area (Å²) in [7, 11) is -0.359. The van der Waals surface area contributed by atoms with Crippen molar-refractivity contribution in [1.29, 1.82) is 5.26 Å². The molecule has 0 N–H and O–H groups in total. The number of nitrogens with zero attached hydrogens (tertiary/aromatic N) is 1. The first-order chi connectivity index (χ1) is 10.3. The lowest BCUT2D eigenvalue weighted by atomic mass is 10.0. The fraction of sp³-hybridized carbons (Fsp3) is 0.421. The first-order valence-electron chi connectivity index (χ1n) is 8.00. The smallest absolute Gasteiger partial charge is 0.0991 e. The number of hydrogen-bond donors (Lipinski definition) is 0. The van der Waals surface area contributed by atoms with E-state index in [1.807, 2.05) is 30.3 Å². The summed E-state index contributed by atoms with van der Waals surface area (Å²) in [6.07, 6.45) is 8.46. The molecule has 1 heterocycles. The molecule has 108 valence electrons. The first kappa shape index (κ1) is 15.6. The van der Waals surface area contributed by atoms with Crippen molar-refractivity contribution in [3.8, 4) is 17.9 Å². The van der Waals surface area contributed by atoms with Crippen LogP contribution in [0.2, 0.25) is 18.1 Å². The average Bonchev–Trinajstić information content (AvgIpc) is 2.54. The highest BCUT2D eigenvalue weighted by Gasteiger charge is 2.19. The highest BCUT2D eigenvalue weighted by Crippen LogP contribution is 2.28. The summed E-state index contributed by atoms with van der Waals surface area (Å²) < 4.78 is 0. The Bertz CT molecular complexity index is 560. The van der Waals surface area contributed by atoms with Gasteiger partial charge in [-0.15, -0.1) is 0 Å². The summed E-state index contributed by atoms with van der Waals surface area (Å²) >= 11 is 0. The van der Waals surface area contributed by atoms with E-state index in [1.165, 1.54) is 37.4 Å². The van der Waals surface area contributed by atoms with Crippen molar-refractivity contribution >= 4 is 8.80 Å². The molecule has 1 nitrogen and oxygen atoms in total. The molecule has 1 fully saturated rings. The van der Waals surface area contributed by atoms with E-state index in [0.29, 0.717) is 5.56 Å². The van der Waals surface area contributed by atoms with Gasteiger partial charge in [0.1, 0.15) is 0 Å². The summed E-state index contributed by atoms with van der Waals surface area (Å²) in [6, 6.07) is 14.1. The van der Waals surface area contributed by atoms with Crippen LogP contribution >= 0.6 is 0 Å². The Balaban J connectivity index is 1.81. The minimum Gasteiger partial charge on any atom is -0.192 e. The van der Waals surface area contributed by atoms with E-state index in [-0.39, 0.29) is 8.80 Å². The second-order valence-electron chi connectivity index (χ2n) is 5.89. The van der Waals surface area contributed by atoms with E-state index in [4.69, 9.17) is 5.26 Å². The van der Waals surface area contributed by atoms with E-state index < -0.39 is 0 Å². The summed E-state index contributed by atoms with van der Waals surface area (Å²) in [5.41, 5.74) is 1.65. The largest absolute Gasteiger partial charge is 0.192 e. The highest BCUT2D eigenvalue weighted by atomic mass is 28.3. The van der Waals surface area contributed by atoms with Gasteiger partial charge in [-0.25, -0.2) is 0 Å². The molecule has 1 aromatic carbocycles. The van der Waals surface area contributed by atoms with Crippen LogP contribution in [0.15, 0.2) is 36.4 Å². The van der Waals surface area contributed by atoms with Gasteiger partial charge in [0.15, 0.2) is 0 Å². The summed E-state index contributed by atoms with van der Waals surface area (Å²) in [5.74, 6) is 7.00. The molecule has 0 spiro atoms. The molecule has 0 radical (unpaired) electrons. The Morgan fingerprint density at radius 1 is 1.19 bits per heavy atom. The van der Waals surface area contributed by atoms with Crippen molar-refractivity contribution in [2.75, 3.05) is 0 Å². The van der Waals surface area contributed by atoms with Crippen LogP contribution in [0.25, 0.3) is 0 Å². The van der Waals surface area contributed by atoms with Crippen molar-refractivity contribution in [3.05, 3.63) is 47.5 Å². The predicted molar refractivity (Wildman–Crippen MR) is 91.8 cm³/mol. The Kier molecular flexibility index (Phi) is 6.32. The zero-order valence-corrected chi connectivity index (χ0v) is 14.0. The van der Waals surface area contributed by atoms with Crippen molar-refractivity contribution in [1.82, 2.24) is 0 Å². The molecule has 1 aliphatic rings. The van der Waals surface area contributed by atoms with Crippen LogP contribution in [0.4, 0.5) is 0 Å². The van der Waals surface area contributed by atoms with E-state index in [2.05, 4.69) is 30.9 Å². The molecule has 2 heteroatoms. The molecule has 0 bridgehead atoms. The van der Waals surface area contributed by atoms with Gasteiger partial charge in [0.2, 0.25) is 0 Å². The quantitative estimate of drug-likeness (QED) is 0.594. The second kappa shape index (κ2) is 8.50. The van der Waals surface area contributed by atoms with Gasteiger partial charge >= 0.3 is 0 Å². The Morgan fingerprint density at radius 2 is 1.86 bits per heavy atom. The Labute approximate surface area is 130 Å². The molecule has 1 saturated heterocycles. The third-order valence-electron chi connectivity index (χ3n) is 4.27. The number of nitriles is 1. The number of benzene rings is 1. The van der Waals surface area contributed by atoms with Gasteiger partial charge in [0, 0.05) is 14.4 Å². The summed E-state index contributed by atoms with van der Waals surface area (Å²) in [6.45, 7) is 2.32. The van der Waals surface area contributed by atoms with Crippen LogP contribution < -0.4 is 0 Å². The molecule has 0 aromatic heterocycles. The molecule has 0 saturated carbocycles. The lowest BCUT2D eigenvalue weighted by Crippen LogP contribution is -2.19. The van der Waals surface area contributed by atoms with Crippen molar-refractivity contribution in [3.63, 3.8) is 0 Å². The van der Waals surface area contributed by atoms with Crippen molar-refractivity contribution < 1.29 is 0 Å². The number of rotatable bonds is 3. The minimum atomic E-state index is -0.359. The summed E-state index contributed by atoms with van der Waals surface area (Å²) in [5, 5.41) is 8.74. The van der Waals surface area contributed by atoms with Gasteiger partial charge in [-0.05, 0) is 49.1 Å². The SMILES string of the molecule is CCC[SiH]1CCC(/C=C/C#Cc2ccc(C#N)cc2)CC1. The fourth-order valence-electron chi connectivity index (χ4n) is 3.01. The molecule has 21 heavy (non-hydrogen) atoms. The van der Waals surface area contributed by atoms with Crippen LogP contribution in [0, 0.1) is 29.1 Å². The topological polar surface area (TPSA) is 23.8 Å². The van der Waals surface area contributed by atoms with Gasteiger partial charge in [-0.1, -0.05) is 49.4 Å². The van der Waals surface area contributed by atoms with Crippen LogP contribution in [-0.2, 0) is 0 Å². The fourth-order valence-corrected chi connectivity index (χ4v) is 6.50. The van der Waals surface area contributed by atoms with Crippen molar-refractivity contribution in [2.24, 2.45) is 5.92 Å². The highest BCUT2D eigenvalue weighted by molar-refractivity contribution is 6.58. The van der Waals surface area contributed by atoms with Gasteiger partial charge in [-0.2, -0.15) is 5.26 Å². The van der Waals surface area contributed by atoms with Crippen LogP contribution in [0.1, 0.15) is 37.3 Å². The maximum Gasteiger partial charge on any atom is 0.0991 e. The molecule has 2 rings (SSSR count). The lowest BCUT2D eigenvalue weighted by Gasteiger charge is -2.25. The third kappa shape index (κ3) is 5.25. The third-order valence-corrected chi connectivity index (χ3v) is 7.96. The number of hydrogen-bond acceptors (Lipinski definition) is 1. The summed E-state index contributed by atoms with van der Waals surface area (Å²) in [4.78, 5) is 0. The normalized spacial score (nSPS) is 21.5. The number of allylic oxidation sites excluding steroid dienone is 2. The monoisotopic (exact) mass is 293 g/mol. The van der Waals surface area contributed by atoms with Crippen LogP contribution in [-0.4, -0.2) is 8.80 Å². The molecule has 1 aromatic rings. The first-order valence-corrected chi connectivity index (χ1v) is 10.4.